The molecule has 0 aliphatic rings. The Kier molecular flexibility index (Phi) is 5.67. The van der Waals surface area contributed by atoms with Gasteiger partial charge in [0.1, 0.15) is 5.58 Å². The number of benzene rings is 1. The molecule has 0 aliphatic carbocycles. The van der Waals surface area contributed by atoms with Crippen molar-refractivity contribution in [1.82, 2.24) is 0 Å². The maximum atomic E-state index is 12.7. The average molecular weight is 400 g/mol. The normalized spacial score (nSPS) is 12.6. The molecular formula is C17H21IO3. The Balaban J connectivity index is 2.54. The smallest absolute Gasteiger partial charge is 0.292 e. The highest BCUT2D eigenvalue weighted by Crippen LogP contribution is 2.26. The summed E-state index contributed by atoms with van der Waals surface area (Å²) in [7, 11) is 0. The molecule has 1 unspecified atom stereocenters. The molecular weight excluding hydrogens is 379 g/mol. The molecule has 4 heteroatoms. The third-order valence-corrected chi connectivity index (χ3v) is 4.08. The zero-order valence-corrected chi connectivity index (χ0v) is 14.9. The highest BCUT2D eigenvalue weighted by Gasteiger charge is 2.17. The lowest BCUT2D eigenvalue weighted by molar-refractivity contribution is 0.161. The summed E-state index contributed by atoms with van der Waals surface area (Å²) in [5, 5.41) is 0.640. The summed E-state index contributed by atoms with van der Waals surface area (Å²) < 4.78 is 12.8. The molecule has 2 rings (SSSR count). The lowest BCUT2D eigenvalue weighted by Gasteiger charge is -2.15. The van der Waals surface area contributed by atoms with E-state index in [0.717, 1.165) is 22.8 Å². The zero-order chi connectivity index (χ0) is 15.4. The molecule has 0 aliphatic heterocycles. The predicted molar refractivity (Wildman–Crippen MR) is 94.2 cm³/mol. The van der Waals surface area contributed by atoms with Crippen LogP contribution in [-0.4, -0.2) is 6.10 Å². The molecule has 0 N–H and O–H groups in total. The maximum Gasteiger partial charge on any atom is 0.292 e. The summed E-state index contributed by atoms with van der Waals surface area (Å²) in [6, 6.07) is 5.65. The van der Waals surface area contributed by atoms with E-state index in [1.54, 1.807) is 0 Å². The number of fused-ring (bicyclic) bond motifs is 1. The minimum atomic E-state index is 0.0373. The standard InChI is InChI=1S/C17H21IO3/c1-4-6-11(3)20-17-13(7-5-2)16(19)14-10-12(18)8-9-15(14)21-17/h8-11H,4-7H2,1-3H3. The molecule has 0 radical (unpaired) electrons. The van der Waals surface area contributed by atoms with Gasteiger partial charge in [0.05, 0.1) is 17.1 Å². The van der Waals surface area contributed by atoms with Crippen LogP contribution in [0.2, 0.25) is 0 Å². The third-order valence-electron chi connectivity index (χ3n) is 3.41. The van der Waals surface area contributed by atoms with Crippen LogP contribution in [-0.2, 0) is 6.42 Å². The molecule has 0 fully saturated rings. The maximum absolute atomic E-state index is 12.7. The van der Waals surface area contributed by atoms with Gasteiger partial charge in [0.25, 0.3) is 5.95 Å². The van der Waals surface area contributed by atoms with Crippen molar-refractivity contribution < 1.29 is 9.15 Å². The number of ether oxygens (including phenoxy) is 1. The average Bonchev–Trinajstić information content (AvgIpc) is 2.44. The van der Waals surface area contributed by atoms with E-state index < -0.39 is 0 Å². The molecule has 0 spiro atoms. The molecule has 1 aromatic heterocycles. The molecule has 114 valence electrons. The summed E-state index contributed by atoms with van der Waals surface area (Å²) >= 11 is 2.21. The van der Waals surface area contributed by atoms with Crippen LogP contribution in [0.1, 0.15) is 45.6 Å². The van der Waals surface area contributed by atoms with Crippen LogP contribution in [0.25, 0.3) is 11.0 Å². The fourth-order valence-electron chi connectivity index (χ4n) is 2.39. The van der Waals surface area contributed by atoms with Crippen molar-refractivity contribution in [3.8, 4) is 5.95 Å². The number of rotatable bonds is 6. The van der Waals surface area contributed by atoms with Crippen LogP contribution < -0.4 is 10.2 Å². The minimum Gasteiger partial charge on any atom is -0.462 e. The quantitative estimate of drug-likeness (QED) is 0.647. The van der Waals surface area contributed by atoms with E-state index in [-0.39, 0.29) is 11.5 Å². The van der Waals surface area contributed by atoms with Crippen molar-refractivity contribution in [2.24, 2.45) is 0 Å². The Morgan fingerprint density at radius 3 is 2.71 bits per heavy atom. The van der Waals surface area contributed by atoms with Gasteiger partial charge in [-0.15, -0.1) is 0 Å². The van der Waals surface area contributed by atoms with E-state index in [9.17, 15) is 4.79 Å². The van der Waals surface area contributed by atoms with Crippen molar-refractivity contribution in [3.63, 3.8) is 0 Å². The SMILES string of the molecule is CCCc1c(OC(C)CCC)oc2ccc(I)cc2c1=O. The van der Waals surface area contributed by atoms with Crippen LogP contribution in [0.15, 0.2) is 27.4 Å². The van der Waals surface area contributed by atoms with Gasteiger partial charge in [0.15, 0.2) is 5.43 Å². The molecule has 3 nitrogen and oxygen atoms in total. The molecule has 1 heterocycles. The van der Waals surface area contributed by atoms with E-state index in [0.29, 0.717) is 28.9 Å². The summed E-state index contributed by atoms with van der Waals surface area (Å²) in [5.41, 5.74) is 1.30. The first kappa shape index (κ1) is 16.3. The van der Waals surface area contributed by atoms with Crippen LogP contribution in [0.5, 0.6) is 5.95 Å². The van der Waals surface area contributed by atoms with Crippen molar-refractivity contribution >= 4 is 33.6 Å². The fourth-order valence-corrected chi connectivity index (χ4v) is 2.89. The molecule has 1 atom stereocenters. The number of halogens is 1. The van der Waals surface area contributed by atoms with Gasteiger partial charge in [-0.05, 0) is 60.6 Å². The second kappa shape index (κ2) is 7.29. The molecule has 21 heavy (non-hydrogen) atoms. The van der Waals surface area contributed by atoms with Gasteiger partial charge in [0, 0.05) is 3.57 Å². The lowest BCUT2D eigenvalue weighted by Crippen LogP contribution is -2.17. The van der Waals surface area contributed by atoms with Crippen molar-refractivity contribution in [1.29, 1.82) is 0 Å². The Bertz CT molecular complexity index is 676. The third kappa shape index (κ3) is 3.78. The monoisotopic (exact) mass is 400 g/mol. The second-order valence-corrected chi connectivity index (χ2v) is 6.55. The highest BCUT2D eigenvalue weighted by atomic mass is 127. The molecule has 0 saturated heterocycles. The summed E-state index contributed by atoms with van der Waals surface area (Å²) in [5.74, 6) is 0.400. The fraction of sp³-hybridized carbons (Fsp3) is 0.471. The lowest BCUT2D eigenvalue weighted by atomic mass is 10.1. The molecule has 1 aromatic carbocycles. The van der Waals surface area contributed by atoms with Gasteiger partial charge in [0.2, 0.25) is 0 Å². The molecule has 0 saturated carbocycles. The van der Waals surface area contributed by atoms with Crippen molar-refractivity contribution in [2.45, 2.75) is 52.6 Å². The van der Waals surface area contributed by atoms with Crippen LogP contribution >= 0.6 is 22.6 Å². The molecule has 0 amide bonds. The Morgan fingerprint density at radius 2 is 2.05 bits per heavy atom. The van der Waals surface area contributed by atoms with E-state index in [4.69, 9.17) is 9.15 Å². The van der Waals surface area contributed by atoms with Gasteiger partial charge >= 0.3 is 0 Å². The Hall–Kier alpha value is -1.04. The van der Waals surface area contributed by atoms with Gasteiger partial charge in [-0.1, -0.05) is 26.7 Å². The van der Waals surface area contributed by atoms with Gasteiger partial charge in [-0.25, -0.2) is 0 Å². The Labute approximate surface area is 138 Å². The van der Waals surface area contributed by atoms with Crippen LogP contribution in [0, 0.1) is 3.57 Å². The van der Waals surface area contributed by atoms with Gasteiger partial charge < -0.3 is 9.15 Å². The van der Waals surface area contributed by atoms with Crippen LogP contribution in [0.3, 0.4) is 0 Å². The largest absolute Gasteiger partial charge is 0.462 e. The molecule has 0 bridgehead atoms. The van der Waals surface area contributed by atoms with E-state index in [2.05, 4.69) is 36.4 Å². The topological polar surface area (TPSA) is 39.4 Å². The predicted octanol–water partition coefficient (Wildman–Crippen LogP) is 4.92. The molecule has 2 aromatic rings. The van der Waals surface area contributed by atoms with E-state index >= 15 is 0 Å². The van der Waals surface area contributed by atoms with Crippen LogP contribution in [0.4, 0.5) is 0 Å². The van der Waals surface area contributed by atoms with Crippen molar-refractivity contribution in [2.75, 3.05) is 0 Å². The first-order valence-electron chi connectivity index (χ1n) is 7.48. The van der Waals surface area contributed by atoms with E-state index in [1.165, 1.54) is 0 Å². The number of hydrogen-bond donors (Lipinski definition) is 0. The summed E-state index contributed by atoms with van der Waals surface area (Å²) in [6.07, 6.45) is 3.60. The zero-order valence-electron chi connectivity index (χ0n) is 12.7. The first-order chi connectivity index (χ1) is 10.1. The van der Waals surface area contributed by atoms with E-state index in [1.807, 2.05) is 25.1 Å². The van der Waals surface area contributed by atoms with Gasteiger partial charge in [-0.3, -0.25) is 4.79 Å². The second-order valence-electron chi connectivity index (χ2n) is 5.30. The summed E-state index contributed by atoms with van der Waals surface area (Å²) in [4.78, 5) is 12.7. The Morgan fingerprint density at radius 1 is 1.29 bits per heavy atom. The summed E-state index contributed by atoms with van der Waals surface area (Å²) in [6.45, 7) is 6.18. The minimum absolute atomic E-state index is 0.0373. The first-order valence-corrected chi connectivity index (χ1v) is 8.56. The van der Waals surface area contributed by atoms with Gasteiger partial charge in [-0.2, -0.15) is 0 Å². The van der Waals surface area contributed by atoms with Crippen molar-refractivity contribution in [3.05, 3.63) is 37.6 Å². The number of hydrogen-bond acceptors (Lipinski definition) is 3. The highest BCUT2D eigenvalue weighted by molar-refractivity contribution is 14.1.